The molecule has 3 N–H and O–H groups in total. The van der Waals surface area contributed by atoms with Crippen molar-refractivity contribution >= 4 is 29.1 Å². The first kappa shape index (κ1) is 52.5. The monoisotopic (exact) mass is 1080 g/mol. The van der Waals surface area contributed by atoms with Crippen molar-refractivity contribution in [2.75, 3.05) is 0 Å². The summed E-state index contributed by atoms with van der Waals surface area (Å²) in [5.41, 5.74) is 28.8. The van der Waals surface area contributed by atoms with Gasteiger partial charge in [-0.3, -0.25) is 24.7 Å². The Labute approximate surface area is 475 Å². The number of aromatic hydroxyl groups is 1. The van der Waals surface area contributed by atoms with Crippen molar-refractivity contribution in [2.45, 2.75) is 41.5 Å². The van der Waals surface area contributed by atoms with Crippen LogP contribution < -0.4 is 5.73 Å². The van der Waals surface area contributed by atoms with Crippen LogP contribution in [-0.4, -0.2) is 30.9 Å². The Morgan fingerprint density at radius 3 is 1.74 bits per heavy atom. The maximum absolute atomic E-state index is 13.1. The normalized spacial score (nSPS) is 11.1. The lowest BCUT2D eigenvalue weighted by Gasteiger charge is -2.25. The summed E-state index contributed by atoms with van der Waals surface area (Å²) in [6.07, 6.45) is 10.8. The maximum atomic E-state index is 13.1. The quantitative estimate of drug-likeness (QED) is 0.131. The summed E-state index contributed by atoms with van der Waals surface area (Å²) in [6.45, 7) is 12.9. The molecule has 0 aliphatic heterocycles. The first-order valence-electron chi connectivity index (χ1n) is 26.1. The average Bonchev–Trinajstić information content (AvgIpc) is 3.36. The highest BCUT2D eigenvalue weighted by Crippen LogP contribution is 2.52. The second-order valence-corrected chi connectivity index (χ2v) is 20.9. The number of hydrogen-bond donors (Lipinski definition) is 2. The first-order chi connectivity index (χ1) is 38.7. The number of pyridine rings is 4. The van der Waals surface area contributed by atoms with Crippen molar-refractivity contribution in [3.8, 4) is 123 Å². The molecule has 0 fully saturated rings. The number of hydrogen-bond acceptors (Lipinski definition) is 7. The number of carbonyl (C=O) groups is 1. The largest absolute Gasteiger partial charge is 0.505 e. The van der Waals surface area contributed by atoms with Gasteiger partial charge < -0.3 is 10.8 Å². The van der Waals surface area contributed by atoms with Gasteiger partial charge in [-0.1, -0.05) is 126 Å². The van der Waals surface area contributed by atoms with Crippen LogP contribution in [0.1, 0.15) is 49.4 Å². The van der Waals surface area contributed by atoms with E-state index < -0.39 is 5.91 Å². The second kappa shape index (κ2) is 21.7. The summed E-state index contributed by atoms with van der Waals surface area (Å²) in [6, 6.07) is 50.6. The van der Waals surface area contributed by atoms with Gasteiger partial charge in [0.2, 0.25) is 5.91 Å². The number of primary amides is 1. The predicted molar refractivity (Wildman–Crippen MR) is 325 cm³/mol. The summed E-state index contributed by atoms with van der Waals surface area (Å²) < 4.78 is 0. The second-order valence-electron chi connectivity index (χ2n) is 20.1. The highest BCUT2D eigenvalue weighted by molar-refractivity contribution is 6.38. The van der Waals surface area contributed by atoms with E-state index in [9.17, 15) is 15.2 Å². The van der Waals surface area contributed by atoms with E-state index in [2.05, 4.69) is 87.1 Å². The van der Waals surface area contributed by atoms with Gasteiger partial charge in [0.05, 0.1) is 21.7 Å². The van der Waals surface area contributed by atoms with Crippen molar-refractivity contribution in [2.24, 2.45) is 5.73 Å². The molecule has 7 aromatic carbocycles. The number of nitrogens with zero attached hydrogens (tertiary/aromatic N) is 5. The van der Waals surface area contributed by atoms with Gasteiger partial charge in [-0.05, 0) is 174 Å². The van der Waals surface area contributed by atoms with Crippen LogP contribution in [0.5, 0.6) is 5.75 Å². The van der Waals surface area contributed by atoms with Gasteiger partial charge in [-0.15, -0.1) is 0 Å². The van der Waals surface area contributed by atoms with Gasteiger partial charge >= 0.3 is 0 Å². The van der Waals surface area contributed by atoms with E-state index in [4.69, 9.17) is 38.9 Å². The Bertz CT molecular complexity index is 4310. The molecule has 0 radical (unpaired) electrons. The maximum Gasteiger partial charge on any atom is 0.248 e. The number of carbonyl (C=O) groups excluding carboxylic acids is 1. The molecule has 0 spiro atoms. The molecule has 1 amide bonds. The van der Waals surface area contributed by atoms with Gasteiger partial charge in [-0.2, -0.15) is 5.26 Å². The third kappa shape index (κ3) is 9.47. The highest BCUT2D eigenvalue weighted by atomic mass is 35.5. The lowest BCUT2D eigenvalue weighted by molar-refractivity contribution is 0.1000. The van der Waals surface area contributed by atoms with E-state index in [-0.39, 0.29) is 11.3 Å². The van der Waals surface area contributed by atoms with Gasteiger partial charge in [0.25, 0.3) is 0 Å². The van der Waals surface area contributed by atoms with E-state index in [1.807, 2.05) is 110 Å². The number of aryl methyl sites for hydroxylation is 4. The molecule has 0 bridgehead atoms. The van der Waals surface area contributed by atoms with E-state index in [0.717, 1.165) is 78.0 Å². The molecule has 0 aliphatic carbocycles. The smallest absolute Gasteiger partial charge is 0.248 e. The molecule has 10 heteroatoms. The molecule has 80 heavy (non-hydrogen) atoms. The molecule has 0 atom stereocenters. The number of aromatic nitrogens is 4. The molecule has 388 valence electrons. The van der Waals surface area contributed by atoms with Crippen LogP contribution in [0.4, 0.5) is 0 Å². The predicted octanol–water partition coefficient (Wildman–Crippen LogP) is 17.8. The summed E-state index contributed by atoms with van der Waals surface area (Å²) >= 11 is 15.6. The number of benzene rings is 7. The minimum atomic E-state index is -0.610. The molecule has 0 aliphatic rings. The molecule has 0 unspecified atom stereocenters. The van der Waals surface area contributed by atoms with Crippen LogP contribution >= 0.6 is 23.2 Å². The molecular weight excluding hydrogens is 1030 g/mol. The zero-order chi connectivity index (χ0) is 55.9. The van der Waals surface area contributed by atoms with Crippen LogP contribution in [0.15, 0.2) is 189 Å². The minimum absolute atomic E-state index is 0.0712. The summed E-state index contributed by atoms with van der Waals surface area (Å²) in [4.78, 5) is 31.4. The highest BCUT2D eigenvalue weighted by Gasteiger charge is 2.27. The van der Waals surface area contributed by atoms with E-state index >= 15 is 0 Å². The third-order valence-corrected chi connectivity index (χ3v) is 15.9. The Morgan fingerprint density at radius 1 is 0.463 bits per heavy atom. The number of amides is 1. The third-order valence-electron chi connectivity index (χ3n) is 15.1. The van der Waals surface area contributed by atoms with E-state index in [1.165, 1.54) is 5.56 Å². The molecule has 8 nitrogen and oxygen atoms in total. The van der Waals surface area contributed by atoms with Gasteiger partial charge in [-0.25, -0.2) is 0 Å². The zero-order valence-electron chi connectivity index (χ0n) is 44.8. The van der Waals surface area contributed by atoms with Crippen molar-refractivity contribution in [1.29, 1.82) is 5.26 Å². The van der Waals surface area contributed by atoms with Crippen molar-refractivity contribution in [3.63, 3.8) is 0 Å². The summed E-state index contributed by atoms with van der Waals surface area (Å²) in [7, 11) is 0. The number of nitrogens with two attached hydrogens (primary N) is 1. The number of nitriles is 1. The van der Waals surface area contributed by atoms with Crippen LogP contribution in [0, 0.1) is 52.9 Å². The standard InChI is InChI=1S/C70H52Cl2N6O2/c1-39-31-40(2)62(44(6)61(39)49-15-12-28-76-36-49)64-43(5)57(32-41(3)63(64)50-22-20-42(4)77-37-50)55-18-10-16-53(66(55)71)51-25-23-48(70(74)80)34-58(51)56-19-11-17-54(67(56)72)52-24-21-45(35-73)33-59(52)65-60(46-26-29-75-30-27-46)38-78-68(69(65)79)47-13-8-7-9-14-47/h7-34,36-38,79H,1-6H3,(H2,74,80). The Kier molecular flexibility index (Phi) is 14.3. The summed E-state index contributed by atoms with van der Waals surface area (Å²) in [5, 5.41) is 23.7. The first-order valence-corrected chi connectivity index (χ1v) is 26.8. The number of rotatable bonds is 11. The van der Waals surface area contributed by atoms with Gasteiger partial charge in [0, 0.05) is 98.5 Å². The average molecular weight is 1080 g/mol. The summed E-state index contributed by atoms with van der Waals surface area (Å²) in [5.74, 6) is -0.681. The van der Waals surface area contributed by atoms with Gasteiger partial charge in [0.1, 0.15) is 11.4 Å². The van der Waals surface area contributed by atoms with Crippen LogP contribution in [0.3, 0.4) is 0 Å². The van der Waals surface area contributed by atoms with E-state index in [1.54, 1.807) is 49.1 Å². The van der Waals surface area contributed by atoms with Crippen LogP contribution in [-0.2, 0) is 0 Å². The molecule has 11 aromatic rings. The molecule has 4 aromatic heterocycles. The fourth-order valence-corrected chi connectivity index (χ4v) is 12.1. The topological polar surface area (TPSA) is 139 Å². The fraction of sp³-hybridized carbons (Fsp3) is 0.0857. The Hall–Kier alpha value is -9.52. The van der Waals surface area contributed by atoms with Gasteiger partial charge in [0.15, 0.2) is 0 Å². The Balaban J connectivity index is 1.11. The molecule has 11 rings (SSSR count). The lowest BCUT2D eigenvalue weighted by Crippen LogP contribution is -2.11. The zero-order valence-corrected chi connectivity index (χ0v) is 46.3. The minimum Gasteiger partial charge on any atom is -0.505 e. The fourth-order valence-electron chi connectivity index (χ4n) is 11.5. The molecule has 0 saturated heterocycles. The molecule has 4 heterocycles. The molecule has 0 saturated carbocycles. The lowest BCUT2D eigenvalue weighted by atomic mass is 9.79. The van der Waals surface area contributed by atoms with Crippen molar-refractivity contribution < 1.29 is 9.90 Å². The molecular formula is C70H52Cl2N6O2. The van der Waals surface area contributed by atoms with Crippen LogP contribution in [0.2, 0.25) is 10.0 Å². The Morgan fingerprint density at radius 2 is 1.09 bits per heavy atom. The van der Waals surface area contributed by atoms with Crippen LogP contribution in [0.25, 0.3) is 111 Å². The van der Waals surface area contributed by atoms with Crippen molar-refractivity contribution in [1.82, 2.24) is 19.9 Å². The van der Waals surface area contributed by atoms with Crippen molar-refractivity contribution in [3.05, 3.63) is 244 Å². The van der Waals surface area contributed by atoms with E-state index in [0.29, 0.717) is 76.9 Å². The number of halogens is 2. The SMILES string of the molecule is Cc1ccc(-c2c(C)cc(-c3cccc(-c4ccc(C(N)=O)cc4-c4cccc(-c5ccc(C#N)cc5-c5c(-c6ccncc6)cnc(-c6ccccc6)c5O)c4Cl)c3Cl)c(C)c2-c2c(C)cc(C)c(-c3cccnc3)c2C)cn1.